The van der Waals surface area contributed by atoms with E-state index in [0.717, 1.165) is 13.0 Å². The van der Waals surface area contributed by atoms with Crippen LogP contribution in [0.4, 0.5) is 0 Å². The maximum Gasteiger partial charge on any atom is 0.217 e. The van der Waals surface area contributed by atoms with Crippen LogP contribution in [0.3, 0.4) is 0 Å². The van der Waals surface area contributed by atoms with Gasteiger partial charge in [-0.2, -0.15) is 5.26 Å². The molecule has 1 fully saturated rings. The molecule has 96 valence electrons. The zero-order valence-corrected chi connectivity index (χ0v) is 10.5. The van der Waals surface area contributed by atoms with Crippen molar-refractivity contribution in [3.63, 3.8) is 0 Å². The number of piperidine rings is 1. The Bertz CT molecular complexity index is 301. The van der Waals surface area contributed by atoms with E-state index in [0.29, 0.717) is 19.5 Å². The maximum absolute atomic E-state index is 11.1. The second-order valence-electron chi connectivity index (χ2n) is 4.72. The SMILES string of the molecule is CCC(O)C1CC(NC(C)=O)CN(CC#N)C1. The first kappa shape index (κ1) is 13.9. The lowest BCUT2D eigenvalue weighted by Crippen LogP contribution is -2.52. The highest BCUT2D eigenvalue weighted by Crippen LogP contribution is 2.21. The number of amides is 1. The molecule has 0 aromatic heterocycles. The predicted molar refractivity (Wildman–Crippen MR) is 64.1 cm³/mol. The summed E-state index contributed by atoms with van der Waals surface area (Å²) in [5.41, 5.74) is 0. The predicted octanol–water partition coefficient (Wildman–Crippen LogP) is 0.107. The molecule has 0 spiro atoms. The summed E-state index contributed by atoms with van der Waals surface area (Å²) in [6, 6.07) is 2.16. The minimum absolute atomic E-state index is 0.0424. The van der Waals surface area contributed by atoms with Gasteiger partial charge in [-0.25, -0.2) is 0 Å². The fourth-order valence-corrected chi connectivity index (χ4v) is 2.47. The fraction of sp³-hybridized carbons (Fsp3) is 0.833. The molecule has 1 aliphatic heterocycles. The van der Waals surface area contributed by atoms with Gasteiger partial charge in [0.2, 0.25) is 5.91 Å². The largest absolute Gasteiger partial charge is 0.393 e. The number of carbonyl (C=O) groups is 1. The van der Waals surface area contributed by atoms with Gasteiger partial charge in [-0.1, -0.05) is 6.92 Å². The van der Waals surface area contributed by atoms with Crippen molar-refractivity contribution in [1.29, 1.82) is 5.26 Å². The van der Waals surface area contributed by atoms with Gasteiger partial charge in [0.25, 0.3) is 0 Å². The Morgan fingerprint density at radius 2 is 2.35 bits per heavy atom. The molecule has 2 N–H and O–H groups in total. The molecule has 3 unspecified atom stereocenters. The van der Waals surface area contributed by atoms with Crippen molar-refractivity contribution >= 4 is 5.91 Å². The number of aliphatic hydroxyl groups excluding tert-OH is 1. The second kappa shape index (κ2) is 6.58. The molecule has 5 heteroatoms. The first-order valence-electron chi connectivity index (χ1n) is 6.11. The fourth-order valence-electron chi connectivity index (χ4n) is 2.47. The van der Waals surface area contributed by atoms with E-state index in [9.17, 15) is 9.90 Å². The van der Waals surface area contributed by atoms with Crippen LogP contribution in [-0.2, 0) is 4.79 Å². The topological polar surface area (TPSA) is 76.4 Å². The normalized spacial score (nSPS) is 27.2. The molecular weight excluding hydrogens is 218 g/mol. The maximum atomic E-state index is 11.1. The van der Waals surface area contributed by atoms with Crippen molar-refractivity contribution in [1.82, 2.24) is 10.2 Å². The number of hydrogen-bond donors (Lipinski definition) is 2. The highest BCUT2D eigenvalue weighted by molar-refractivity contribution is 5.73. The number of nitrogens with zero attached hydrogens (tertiary/aromatic N) is 2. The Hall–Kier alpha value is -1.12. The van der Waals surface area contributed by atoms with Gasteiger partial charge in [-0.3, -0.25) is 9.69 Å². The highest BCUT2D eigenvalue weighted by Gasteiger charge is 2.30. The van der Waals surface area contributed by atoms with Gasteiger partial charge in [0.05, 0.1) is 18.7 Å². The summed E-state index contributed by atoms with van der Waals surface area (Å²) >= 11 is 0. The number of carbonyl (C=O) groups excluding carboxylic acids is 1. The Morgan fingerprint density at radius 1 is 1.65 bits per heavy atom. The quantitative estimate of drug-likeness (QED) is 0.683. The van der Waals surface area contributed by atoms with Crippen LogP contribution >= 0.6 is 0 Å². The summed E-state index contributed by atoms with van der Waals surface area (Å²) in [6.45, 7) is 5.22. The molecule has 0 aliphatic carbocycles. The summed E-state index contributed by atoms with van der Waals surface area (Å²) in [5, 5.41) is 21.5. The summed E-state index contributed by atoms with van der Waals surface area (Å²) in [6.07, 6.45) is 1.14. The van der Waals surface area contributed by atoms with Crippen LogP contribution in [0.25, 0.3) is 0 Å². The Morgan fingerprint density at radius 3 is 2.88 bits per heavy atom. The number of nitriles is 1. The van der Waals surface area contributed by atoms with Gasteiger partial charge in [0, 0.05) is 26.1 Å². The molecule has 0 bridgehead atoms. The molecule has 0 saturated carbocycles. The molecule has 5 nitrogen and oxygen atoms in total. The molecule has 0 aromatic carbocycles. The number of nitrogens with one attached hydrogen (secondary N) is 1. The van der Waals surface area contributed by atoms with E-state index in [1.54, 1.807) is 0 Å². The van der Waals surface area contributed by atoms with Crippen LogP contribution in [0, 0.1) is 17.2 Å². The zero-order chi connectivity index (χ0) is 12.8. The van der Waals surface area contributed by atoms with Crippen LogP contribution in [0.1, 0.15) is 26.7 Å². The van der Waals surface area contributed by atoms with Crippen molar-refractivity contribution in [2.45, 2.75) is 38.8 Å². The average molecular weight is 239 g/mol. The smallest absolute Gasteiger partial charge is 0.217 e. The van der Waals surface area contributed by atoms with E-state index < -0.39 is 0 Å². The van der Waals surface area contributed by atoms with E-state index in [-0.39, 0.29) is 24.0 Å². The van der Waals surface area contributed by atoms with Gasteiger partial charge >= 0.3 is 0 Å². The molecular formula is C12H21N3O2. The average Bonchev–Trinajstić information content (AvgIpc) is 2.27. The lowest BCUT2D eigenvalue weighted by atomic mass is 9.88. The number of likely N-dealkylation sites (tertiary alicyclic amines) is 1. The Kier molecular flexibility index (Phi) is 5.39. The third kappa shape index (κ3) is 4.33. The van der Waals surface area contributed by atoms with Gasteiger partial charge in [-0.15, -0.1) is 0 Å². The van der Waals surface area contributed by atoms with Crippen molar-refractivity contribution in [3.05, 3.63) is 0 Å². The van der Waals surface area contributed by atoms with Gasteiger partial charge in [0.15, 0.2) is 0 Å². The molecule has 0 radical (unpaired) electrons. The van der Waals surface area contributed by atoms with Gasteiger partial charge in [0.1, 0.15) is 0 Å². The van der Waals surface area contributed by atoms with E-state index >= 15 is 0 Å². The van der Waals surface area contributed by atoms with E-state index in [2.05, 4.69) is 11.4 Å². The summed E-state index contributed by atoms with van der Waals surface area (Å²) in [5.74, 6) is 0.0810. The standard InChI is InChI=1S/C12H21N3O2/c1-3-12(17)10-6-11(14-9(2)16)8-15(7-10)5-4-13/h10-12,17H,3,5-8H2,1-2H3,(H,14,16). The minimum atomic E-state index is -0.354. The molecule has 1 rings (SSSR count). The molecule has 17 heavy (non-hydrogen) atoms. The third-order valence-corrected chi connectivity index (χ3v) is 3.22. The van der Waals surface area contributed by atoms with E-state index in [4.69, 9.17) is 5.26 Å². The second-order valence-corrected chi connectivity index (χ2v) is 4.72. The van der Waals surface area contributed by atoms with Crippen LogP contribution in [-0.4, -0.2) is 47.7 Å². The van der Waals surface area contributed by atoms with Crippen molar-refractivity contribution < 1.29 is 9.90 Å². The molecule has 3 atom stereocenters. The van der Waals surface area contributed by atoms with Gasteiger partial charge in [-0.05, 0) is 18.8 Å². The monoisotopic (exact) mass is 239 g/mol. The molecule has 1 saturated heterocycles. The van der Waals surface area contributed by atoms with Crippen LogP contribution in [0.15, 0.2) is 0 Å². The molecule has 1 aliphatic rings. The lowest BCUT2D eigenvalue weighted by molar-refractivity contribution is -0.120. The van der Waals surface area contributed by atoms with Gasteiger partial charge < -0.3 is 10.4 Å². The van der Waals surface area contributed by atoms with Crippen LogP contribution in [0.2, 0.25) is 0 Å². The van der Waals surface area contributed by atoms with Crippen molar-refractivity contribution in [2.24, 2.45) is 5.92 Å². The summed E-state index contributed by atoms with van der Waals surface area (Å²) in [4.78, 5) is 13.1. The van der Waals surface area contributed by atoms with E-state index in [1.807, 2.05) is 11.8 Å². The number of rotatable bonds is 4. The lowest BCUT2D eigenvalue weighted by Gasteiger charge is -2.38. The highest BCUT2D eigenvalue weighted by atomic mass is 16.3. The summed E-state index contributed by atoms with van der Waals surface area (Å²) in [7, 11) is 0. The van der Waals surface area contributed by atoms with Crippen LogP contribution < -0.4 is 5.32 Å². The third-order valence-electron chi connectivity index (χ3n) is 3.22. The summed E-state index contributed by atoms with van der Waals surface area (Å²) < 4.78 is 0. The number of aliphatic hydroxyl groups is 1. The Labute approximate surface area is 102 Å². The van der Waals surface area contributed by atoms with Crippen molar-refractivity contribution in [3.8, 4) is 6.07 Å². The van der Waals surface area contributed by atoms with E-state index in [1.165, 1.54) is 6.92 Å². The first-order valence-corrected chi connectivity index (χ1v) is 6.11. The molecule has 1 heterocycles. The first-order chi connectivity index (χ1) is 8.06. The zero-order valence-electron chi connectivity index (χ0n) is 10.5. The molecule has 1 amide bonds. The molecule has 0 aromatic rings. The minimum Gasteiger partial charge on any atom is -0.393 e. The van der Waals surface area contributed by atoms with Crippen LogP contribution in [0.5, 0.6) is 0 Å². The van der Waals surface area contributed by atoms with Crippen molar-refractivity contribution in [2.75, 3.05) is 19.6 Å². The number of hydrogen-bond acceptors (Lipinski definition) is 4. The Balaban J connectivity index is 2.62.